The summed E-state index contributed by atoms with van der Waals surface area (Å²) in [6.45, 7) is 4.28. The van der Waals surface area contributed by atoms with Crippen molar-refractivity contribution in [3.63, 3.8) is 0 Å². The molecule has 0 spiro atoms. The highest BCUT2D eigenvalue weighted by Gasteiger charge is 2.17. The molecule has 0 radical (unpaired) electrons. The van der Waals surface area contributed by atoms with Crippen LogP contribution >= 0.6 is 11.3 Å². The summed E-state index contributed by atoms with van der Waals surface area (Å²) in [6.07, 6.45) is 0. The van der Waals surface area contributed by atoms with Crippen molar-refractivity contribution in [2.24, 2.45) is 4.99 Å². The number of likely N-dealkylation sites (N-methyl/N-ethyl adjacent to an activating group) is 1. The van der Waals surface area contributed by atoms with E-state index in [1.54, 1.807) is 25.6 Å². The van der Waals surface area contributed by atoms with Gasteiger partial charge in [0, 0.05) is 13.1 Å². The van der Waals surface area contributed by atoms with Gasteiger partial charge >= 0.3 is 0 Å². The number of hydrogen-bond donors (Lipinski definition) is 2. The van der Waals surface area contributed by atoms with Crippen molar-refractivity contribution in [2.75, 3.05) is 41.4 Å². The van der Waals surface area contributed by atoms with Gasteiger partial charge in [-0.3, -0.25) is 0 Å². The van der Waals surface area contributed by atoms with E-state index >= 15 is 0 Å². The molecule has 27 heavy (non-hydrogen) atoms. The summed E-state index contributed by atoms with van der Waals surface area (Å²) in [5.74, 6) is 2.29. The van der Waals surface area contributed by atoms with Gasteiger partial charge in [-0.1, -0.05) is 6.07 Å². The zero-order valence-electron chi connectivity index (χ0n) is 16.8. The minimum atomic E-state index is 0.162. The fraction of sp³-hybridized carbons (Fsp3) is 0.450. The molecule has 2 N–H and O–H groups in total. The third kappa shape index (κ3) is 6.15. The Labute approximate surface area is 166 Å². The van der Waals surface area contributed by atoms with Crippen LogP contribution in [-0.2, 0) is 6.54 Å². The first-order valence-corrected chi connectivity index (χ1v) is 9.94. The van der Waals surface area contributed by atoms with Crippen LogP contribution in [-0.4, -0.2) is 52.3 Å². The van der Waals surface area contributed by atoms with E-state index in [9.17, 15) is 0 Å². The molecule has 2 rings (SSSR count). The van der Waals surface area contributed by atoms with Crippen LogP contribution in [0.25, 0.3) is 0 Å². The van der Waals surface area contributed by atoms with Gasteiger partial charge in [-0.25, -0.2) is 4.99 Å². The summed E-state index contributed by atoms with van der Waals surface area (Å²) in [7, 11) is 7.44. The molecule has 0 saturated heterocycles. The second kappa shape index (κ2) is 10.8. The van der Waals surface area contributed by atoms with Crippen molar-refractivity contribution in [3.8, 4) is 11.5 Å². The fourth-order valence-corrected chi connectivity index (χ4v) is 3.41. The predicted molar refractivity (Wildman–Crippen MR) is 113 cm³/mol. The van der Waals surface area contributed by atoms with Crippen molar-refractivity contribution >= 4 is 17.3 Å². The van der Waals surface area contributed by atoms with E-state index in [4.69, 9.17) is 9.47 Å². The number of nitrogens with zero attached hydrogens (tertiary/aromatic N) is 2. The Morgan fingerprint density at radius 1 is 1.15 bits per heavy atom. The minimum Gasteiger partial charge on any atom is -0.493 e. The van der Waals surface area contributed by atoms with Gasteiger partial charge in [0.1, 0.15) is 0 Å². The number of guanidine groups is 1. The minimum absolute atomic E-state index is 0.162. The number of benzene rings is 1. The maximum atomic E-state index is 5.45. The molecule has 0 bridgehead atoms. The Balaban J connectivity index is 2.11. The molecule has 1 unspecified atom stereocenters. The molecule has 1 atom stereocenters. The number of aliphatic imine (C=N–C) groups is 1. The van der Waals surface area contributed by atoms with E-state index in [1.807, 2.05) is 12.1 Å². The molecule has 6 nitrogen and oxygen atoms in total. The molecule has 0 aliphatic heterocycles. The van der Waals surface area contributed by atoms with Crippen LogP contribution in [0.4, 0.5) is 0 Å². The van der Waals surface area contributed by atoms with Crippen LogP contribution < -0.4 is 20.1 Å². The SMILES string of the molecule is CCNC(=NCc1ccsc1)NCC(c1ccc(OC)c(OC)c1)N(C)C. The van der Waals surface area contributed by atoms with Gasteiger partial charge in [-0.2, -0.15) is 11.3 Å². The number of hydrogen-bond acceptors (Lipinski definition) is 5. The highest BCUT2D eigenvalue weighted by Crippen LogP contribution is 2.31. The average molecular weight is 391 g/mol. The quantitative estimate of drug-likeness (QED) is 0.509. The average Bonchev–Trinajstić information content (AvgIpc) is 3.19. The molecule has 1 aromatic carbocycles. The third-order valence-corrected chi connectivity index (χ3v) is 4.95. The summed E-state index contributed by atoms with van der Waals surface area (Å²) in [4.78, 5) is 6.86. The maximum Gasteiger partial charge on any atom is 0.191 e. The monoisotopic (exact) mass is 390 g/mol. The molecule has 1 heterocycles. The lowest BCUT2D eigenvalue weighted by molar-refractivity contribution is 0.295. The van der Waals surface area contributed by atoms with Crippen molar-refractivity contribution in [1.29, 1.82) is 0 Å². The summed E-state index contributed by atoms with van der Waals surface area (Å²) in [5, 5.41) is 11.0. The first-order valence-electron chi connectivity index (χ1n) is 9.00. The Kier molecular flexibility index (Phi) is 8.42. The number of thiophene rings is 1. The molecule has 0 aliphatic carbocycles. The van der Waals surface area contributed by atoms with Gasteiger partial charge in [0.2, 0.25) is 0 Å². The molecule has 0 saturated carbocycles. The van der Waals surface area contributed by atoms with Crippen LogP contribution in [0.5, 0.6) is 11.5 Å². The molecular formula is C20H30N4O2S. The van der Waals surface area contributed by atoms with Gasteiger partial charge < -0.3 is 25.0 Å². The van der Waals surface area contributed by atoms with E-state index in [0.717, 1.165) is 36.1 Å². The molecule has 0 amide bonds. The van der Waals surface area contributed by atoms with Crippen LogP contribution in [0.3, 0.4) is 0 Å². The van der Waals surface area contributed by atoms with E-state index in [0.29, 0.717) is 6.54 Å². The lowest BCUT2D eigenvalue weighted by Crippen LogP contribution is -2.41. The van der Waals surface area contributed by atoms with Crippen LogP contribution in [0.2, 0.25) is 0 Å². The molecular weight excluding hydrogens is 360 g/mol. The first-order chi connectivity index (χ1) is 13.1. The highest BCUT2D eigenvalue weighted by molar-refractivity contribution is 7.07. The molecule has 2 aromatic rings. The van der Waals surface area contributed by atoms with Crippen molar-refractivity contribution in [1.82, 2.24) is 15.5 Å². The summed E-state index contributed by atoms with van der Waals surface area (Å²) in [5.41, 5.74) is 2.38. The van der Waals surface area contributed by atoms with Crippen molar-refractivity contribution < 1.29 is 9.47 Å². The Hall–Kier alpha value is -2.25. The molecule has 7 heteroatoms. The van der Waals surface area contributed by atoms with E-state index in [-0.39, 0.29) is 6.04 Å². The van der Waals surface area contributed by atoms with E-state index < -0.39 is 0 Å². The number of nitrogens with one attached hydrogen (secondary N) is 2. The lowest BCUT2D eigenvalue weighted by Gasteiger charge is -2.26. The maximum absolute atomic E-state index is 5.45. The Morgan fingerprint density at radius 2 is 1.93 bits per heavy atom. The van der Waals surface area contributed by atoms with Gasteiger partial charge in [0.15, 0.2) is 17.5 Å². The largest absolute Gasteiger partial charge is 0.493 e. The normalized spacial score (nSPS) is 12.7. The predicted octanol–water partition coefficient (Wildman–Crippen LogP) is 3.12. The van der Waals surface area contributed by atoms with Crippen LogP contribution in [0.15, 0.2) is 40.0 Å². The fourth-order valence-electron chi connectivity index (χ4n) is 2.75. The number of rotatable bonds is 9. The highest BCUT2D eigenvalue weighted by atomic mass is 32.1. The molecule has 0 aliphatic rings. The van der Waals surface area contributed by atoms with Crippen LogP contribution in [0, 0.1) is 0 Å². The van der Waals surface area contributed by atoms with Crippen LogP contribution in [0.1, 0.15) is 24.1 Å². The number of ether oxygens (including phenoxy) is 2. The Morgan fingerprint density at radius 3 is 2.52 bits per heavy atom. The zero-order chi connectivity index (χ0) is 19.6. The Bertz CT molecular complexity index is 717. The van der Waals surface area contributed by atoms with Gasteiger partial charge in [0.25, 0.3) is 0 Å². The van der Waals surface area contributed by atoms with Gasteiger partial charge in [0.05, 0.1) is 26.8 Å². The van der Waals surface area contributed by atoms with Crippen molar-refractivity contribution in [2.45, 2.75) is 19.5 Å². The smallest absolute Gasteiger partial charge is 0.191 e. The standard InChI is InChI=1S/C20H30N4O2S/c1-6-21-20(22-12-15-9-10-27-14-15)23-13-17(24(2)3)16-7-8-18(25-4)19(11-16)26-5/h7-11,14,17H,6,12-13H2,1-5H3,(H2,21,22,23). The molecule has 148 valence electrons. The lowest BCUT2D eigenvalue weighted by atomic mass is 10.1. The van der Waals surface area contributed by atoms with Gasteiger partial charge in [-0.15, -0.1) is 0 Å². The summed E-state index contributed by atoms with van der Waals surface area (Å²) >= 11 is 1.69. The zero-order valence-corrected chi connectivity index (χ0v) is 17.6. The summed E-state index contributed by atoms with van der Waals surface area (Å²) in [6, 6.07) is 8.31. The van der Waals surface area contributed by atoms with E-state index in [1.165, 1.54) is 5.56 Å². The first kappa shape index (κ1) is 21.1. The van der Waals surface area contributed by atoms with E-state index in [2.05, 4.69) is 64.4 Å². The second-order valence-electron chi connectivity index (χ2n) is 6.30. The van der Waals surface area contributed by atoms with Crippen molar-refractivity contribution in [3.05, 3.63) is 46.2 Å². The second-order valence-corrected chi connectivity index (χ2v) is 7.08. The molecule has 0 fully saturated rings. The molecule has 1 aromatic heterocycles. The third-order valence-electron chi connectivity index (χ3n) is 4.22. The topological polar surface area (TPSA) is 58.1 Å². The summed E-state index contributed by atoms with van der Waals surface area (Å²) < 4.78 is 10.8. The van der Waals surface area contributed by atoms with Gasteiger partial charge in [-0.05, 0) is 61.1 Å². The number of methoxy groups -OCH3 is 2.